The van der Waals surface area contributed by atoms with Crippen LogP contribution in [-0.4, -0.2) is 51.4 Å². The summed E-state index contributed by atoms with van der Waals surface area (Å²) in [4.78, 5) is 23.7. The Labute approximate surface area is 182 Å². The van der Waals surface area contributed by atoms with Crippen molar-refractivity contribution in [2.75, 3.05) is 14.1 Å². The molecule has 4 heterocycles. The highest BCUT2D eigenvalue weighted by Crippen LogP contribution is 2.37. The standard InChI is InChI=1S/C24H28N4OS/c1-16-11-12-30-21(16)15-27-18-9-10-19(27)14-28-20(13-18)22(24(29)26(2)3)25-23(28)17-7-5-4-6-8-17/h4-8,11-12,18-19H,9-10,13-15H2,1-3H3. The molecule has 1 aromatic carbocycles. The molecule has 1 fully saturated rings. The molecule has 5 rings (SSSR count). The van der Waals surface area contributed by atoms with E-state index in [1.807, 2.05) is 43.6 Å². The normalized spacial score (nSPS) is 20.8. The van der Waals surface area contributed by atoms with E-state index < -0.39 is 0 Å². The van der Waals surface area contributed by atoms with Crippen LogP contribution in [0.5, 0.6) is 0 Å². The van der Waals surface area contributed by atoms with Crippen molar-refractivity contribution in [3.63, 3.8) is 0 Å². The molecule has 2 aliphatic heterocycles. The Bertz CT molecular complexity index is 1070. The predicted molar refractivity (Wildman–Crippen MR) is 121 cm³/mol. The van der Waals surface area contributed by atoms with Gasteiger partial charge in [-0.25, -0.2) is 4.98 Å². The summed E-state index contributed by atoms with van der Waals surface area (Å²) in [6, 6.07) is 13.5. The highest BCUT2D eigenvalue weighted by molar-refractivity contribution is 7.10. The van der Waals surface area contributed by atoms with E-state index in [2.05, 4.69) is 40.0 Å². The topological polar surface area (TPSA) is 41.4 Å². The van der Waals surface area contributed by atoms with Gasteiger partial charge < -0.3 is 9.47 Å². The molecule has 5 nitrogen and oxygen atoms in total. The van der Waals surface area contributed by atoms with Crippen LogP contribution >= 0.6 is 11.3 Å². The van der Waals surface area contributed by atoms with Crippen LogP contribution < -0.4 is 0 Å². The van der Waals surface area contributed by atoms with Crippen LogP contribution in [0.1, 0.15) is 39.5 Å². The van der Waals surface area contributed by atoms with Crippen molar-refractivity contribution in [3.8, 4) is 11.4 Å². The number of aryl methyl sites for hydroxylation is 1. The average molecular weight is 421 g/mol. The van der Waals surface area contributed by atoms with Crippen LogP contribution in [0.25, 0.3) is 11.4 Å². The van der Waals surface area contributed by atoms with Crippen molar-refractivity contribution >= 4 is 17.2 Å². The molecule has 156 valence electrons. The molecule has 0 aliphatic carbocycles. The van der Waals surface area contributed by atoms with E-state index >= 15 is 0 Å². The molecule has 0 saturated carbocycles. The quantitative estimate of drug-likeness (QED) is 0.635. The fourth-order valence-corrected chi connectivity index (χ4v) is 5.85. The number of aromatic nitrogens is 2. The number of hydrogen-bond acceptors (Lipinski definition) is 4. The maximum atomic E-state index is 13.0. The minimum atomic E-state index is -0.000596. The van der Waals surface area contributed by atoms with Gasteiger partial charge in [0.2, 0.25) is 0 Å². The van der Waals surface area contributed by atoms with Gasteiger partial charge >= 0.3 is 0 Å². The van der Waals surface area contributed by atoms with E-state index in [1.54, 1.807) is 4.90 Å². The lowest BCUT2D eigenvalue weighted by atomic mass is 10.0. The van der Waals surface area contributed by atoms with Crippen molar-refractivity contribution in [1.82, 2.24) is 19.4 Å². The second-order valence-corrected chi connectivity index (χ2v) is 9.70. The summed E-state index contributed by atoms with van der Waals surface area (Å²) >= 11 is 1.86. The minimum Gasteiger partial charge on any atom is -0.343 e. The third-order valence-corrected chi connectivity index (χ3v) is 7.61. The van der Waals surface area contributed by atoms with E-state index in [0.717, 1.165) is 36.6 Å². The number of hydrogen-bond donors (Lipinski definition) is 0. The third-order valence-electron chi connectivity index (χ3n) is 6.60. The zero-order valence-corrected chi connectivity index (χ0v) is 18.7. The summed E-state index contributed by atoms with van der Waals surface area (Å²) < 4.78 is 2.34. The number of carbonyl (C=O) groups excluding carboxylic acids is 1. The SMILES string of the molecule is Cc1ccsc1CN1C2CCC1Cn1c(-c3ccccc3)nc(C(=O)N(C)C)c1C2. The third kappa shape index (κ3) is 3.28. The highest BCUT2D eigenvalue weighted by Gasteiger charge is 2.40. The number of amides is 1. The first-order valence-corrected chi connectivity index (χ1v) is 11.6. The molecule has 2 unspecified atom stereocenters. The van der Waals surface area contributed by atoms with E-state index in [4.69, 9.17) is 4.98 Å². The summed E-state index contributed by atoms with van der Waals surface area (Å²) in [5.41, 5.74) is 4.19. The Kier molecular flexibility index (Phi) is 4.99. The van der Waals surface area contributed by atoms with Gasteiger partial charge in [0.05, 0.1) is 5.69 Å². The number of nitrogens with zero attached hydrogens (tertiary/aromatic N) is 4. The minimum absolute atomic E-state index is 0.000596. The summed E-state index contributed by atoms with van der Waals surface area (Å²) in [6.07, 6.45) is 3.28. The van der Waals surface area contributed by atoms with Gasteiger partial charge in [0.25, 0.3) is 5.91 Å². The van der Waals surface area contributed by atoms with E-state index in [0.29, 0.717) is 17.8 Å². The number of benzene rings is 1. The highest BCUT2D eigenvalue weighted by atomic mass is 32.1. The Morgan fingerprint density at radius 2 is 1.93 bits per heavy atom. The van der Waals surface area contributed by atoms with Crippen LogP contribution in [0.2, 0.25) is 0 Å². The summed E-state index contributed by atoms with van der Waals surface area (Å²) in [7, 11) is 3.62. The number of thiophene rings is 1. The number of imidazole rings is 1. The molecule has 1 amide bonds. The second-order valence-electron chi connectivity index (χ2n) is 8.70. The fraction of sp³-hybridized carbons (Fsp3) is 0.417. The van der Waals surface area contributed by atoms with Crippen molar-refractivity contribution in [2.45, 2.75) is 51.4 Å². The zero-order chi connectivity index (χ0) is 20.8. The van der Waals surface area contributed by atoms with Crippen LogP contribution in [0.4, 0.5) is 0 Å². The van der Waals surface area contributed by atoms with Crippen molar-refractivity contribution in [2.24, 2.45) is 0 Å². The molecule has 0 radical (unpaired) electrons. The van der Waals surface area contributed by atoms with Crippen molar-refractivity contribution in [1.29, 1.82) is 0 Å². The van der Waals surface area contributed by atoms with E-state index in [9.17, 15) is 4.79 Å². The number of carbonyl (C=O) groups is 1. The Hall–Kier alpha value is -2.44. The second kappa shape index (κ2) is 7.67. The molecule has 2 bridgehead atoms. The van der Waals surface area contributed by atoms with Gasteiger partial charge in [-0.15, -0.1) is 11.3 Å². The lowest BCUT2D eigenvalue weighted by Crippen LogP contribution is -2.36. The van der Waals surface area contributed by atoms with Crippen molar-refractivity contribution in [3.05, 3.63) is 63.6 Å². The molecule has 0 spiro atoms. The molecule has 2 aliphatic rings. The smallest absolute Gasteiger partial charge is 0.273 e. The molecular formula is C24H28N4OS. The van der Waals surface area contributed by atoms with Crippen LogP contribution in [0.15, 0.2) is 41.8 Å². The van der Waals surface area contributed by atoms with Crippen LogP contribution in [0, 0.1) is 6.92 Å². The maximum Gasteiger partial charge on any atom is 0.273 e. The average Bonchev–Trinajstić information content (AvgIpc) is 3.38. The lowest BCUT2D eigenvalue weighted by Gasteiger charge is -2.27. The predicted octanol–water partition coefficient (Wildman–Crippen LogP) is 4.21. The van der Waals surface area contributed by atoms with Gasteiger partial charge in [0.1, 0.15) is 11.5 Å². The maximum absolute atomic E-state index is 13.0. The van der Waals surface area contributed by atoms with Gasteiger partial charge in [0, 0.05) is 56.1 Å². The number of rotatable bonds is 4. The largest absolute Gasteiger partial charge is 0.343 e. The fourth-order valence-electron chi connectivity index (χ4n) is 4.93. The first-order chi connectivity index (χ1) is 14.5. The van der Waals surface area contributed by atoms with Crippen molar-refractivity contribution < 1.29 is 4.79 Å². The van der Waals surface area contributed by atoms with Gasteiger partial charge in [-0.3, -0.25) is 9.69 Å². The molecule has 3 aromatic rings. The first kappa shape index (κ1) is 19.5. The first-order valence-electron chi connectivity index (χ1n) is 10.7. The molecule has 30 heavy (non-hydrogen) atoms. The van der Waals surface area contributed by atoms with Gasteiger partial charge in [-0.2, -0.15) is 0 Å². The van der Waals surface area contributed by atoms with E-state index in [1.165, 1.54) is 23.3 Å². The van der Waals surface area contributed by atoms with Crippen LogP contribution in [-0.2, 0) is 19.5 Å². The molecule has 1 saturated heterocycles. The molecule has 6 heteroatoms. The molecular weight excluding hydrogens is 392 g/mol. The Morgan fingerprint density at radius 1 is 1.17 bits per heavy atom. The van der Waals surface area contributed by atoms with Gasteiger partial charge in [0.15, 0.2) is 0 Å². The van der Waals surface area contributed by atoms with Crippen LogP contribution in [0.3, 0.4) is 0 Å². The lowest BCUT2D eigenvalue weighted by molar-refractivity contribution is 0.0821. The summed E-state index contributed by atoms with van der Waals surface area (Å²) in [5.74, 6) is 0.926. The molecule has 2 atom stereocenters. The summed E-state index contributed by atoms with van der Waals surface area (Å²) in [6.45, 7) is 4.11. The Morgan fingerprint density at radius 3 is 2.63 bits per heavy atom. The zero-order valence-electron chi connectivity index (χ0n) is 17.8. The van der Waals surface area contributed by atoms with Gasteiger partial charge in [-0.1, -0.05) is 30.3 Å². The molecule has 0 N–H and O–H groups in total. The monoisotopic (exact) mass is 420 g/mol. The van der Waals surface area contributed by atoms with Gasteiger partial charge in [-0.05, 0) is 36.8 Å². The van der Waals surface area contributed by atoms with E-state index in [-0.39, 0.29) is 5.91 Å². The number of fused-ring (bicyclic) bond motifs is 3. The summed E-state index contributed by atoms with van der Waals surface area (Å²) in [5, 5.41) is 2.19. The molecule has 2 aromatic heterocycles. The Balaban J connectivity index is 1.57.